The lowest BCUT2D eigenvalue weighted by atomic mass is 9.84. The van der Waals surface area contributed by atoms with E-state index in [0.29, 0.717) is 21.9 Å². The van der Waals surface area contributed by atoms with Crippen LogP contribution in [-0.4, -0.2) is 0 Å². The Kier molecular flexibility index (Phi) is 2.61. The number of hydrogen-bond donors (Lipinski definition) is 0. The summed E-state index contributed by atoms with van der Waals surface area (Å²) in [6.45, 7) is 0. The predicted octanol–water partition coefficient (Wildman–Crippen LogP) is 10.4. The third kappa shape index (κ3) is 2.98. The fourth-order valence-corrected chi connectivity index (χ4v) is 5.25. The smallest absolute Gasteiger partial charge is 0.135 e. The highest BCUT2D eigenvalue weighted by Crippen LogP contribution is 2.45. The molecule has 0 radical (unpaired) electrons. The molecule has 8 aromatic rings. The van der Waals surface area contributed by atoms with E-state index in [1.807, 2.05) is 30.3 Å². The summed E-state index contributed by atoms with van der Waals surface area (Å²) in [5, 5.41) is 1.93. The van der Waals surface area contributed by atoms with E-state index in [1.54, 1.807) is 36.4 Å². The van der Waals surface area contributed by atoms with Gasteiger partial charge in [0.05, 0.1) is 15.1 Å². The molecule has 0 aliphatic heterocycles. The number of rotatable bonds is 2. The Bertz CT molecular complexity index is 2660. The van der Waals surface area contributed by atoms with Gasteiger partial charge in [0.2, 0.25) is 0 Å². The van der Waals surface area contributed by atoms with Crippen molar-refractivity contribution in [3.63, 3.8) is 0 Å². The average Bonchev–Trinajstić information content (AvgIpc) is 3.49. The van der Waals surface area contributed by atoms with Crippen LogP contribution in [0.25, 0.3) is 76.5 Å². The standard InChI is InChI=1S/C36H22O/c1-2-12-25-23(10-1)11-9-18-27(25)36-30-16-5-3-14-28(30)35(29-15-4-6-17-31(29)36)24-20-21-34-32(22-24)26-13-7-8-19-33(26)37-34/h1-22H/i3D,4D,5D,6D,14D,15D,16D,17D,20D,21D,22D. The topological polar surface area (TPSA) is 13.1 Å². The summed E-state index contributed by atoms with van der Waals surface area (Å²) in [6, 6.07) is 14.4. The summed E-state index contributed by atoms with van der Waals surface area (Å²) in [5.74, 6) is 0. The fraction of sp³-hybridized carbons (Fsp3) is 0. The Labute approximate surface area is 229 Å². The monoisotopic (exact) mass is 481 g/mol. The van der Waals surface area contributed by atoms with Crippen molar-refractivity contribution >= 4 is 54.3 Å². The van der Waals surface area contributed by atoms with Gasteiger partial charge in [-0.1, -0.05) is 115 Å². The van der Waals surface area contributed by atoms with Gasteiger partial charge in [0.15, 0.2) is 0 Å². The normalized spacial score (nSPS) is 15.9. The maximum atomic E-state index is 9.48. The lowest BCUT2D eigenvalue weighted by molar-refractivity contribution is 0.669. The van der Waals surface area contributed by atoms with Crippen molar-refractivity contribution < 1.29 is 19.5 Å². The van der Waals surface area contributed by atoms with Crippen molar-refractivity contribution in [2.45, 2.75) is 0 Å². The van der Waals surface area contributed by atoms with Gasteiger partial charge < -0.3 is 4.42 Å². The van der Waals surface area contributed by atoms with Crippen LogP contribution in [0.5, 0.6) is 0 Å². The van der Waals surface area contributed by atoms with Gasteiger partial charge in [-0.2, -0.15) is 0 Å². The van der Waals surface area contributed by atoms with E-state index >= 15 is 0 Å². The van der Waals surface area contributed by atoms with Gasteiger partial charge in [-0.15, -0.1) is 0 Å². The van der Waals surface area contributed by atoms with Crippen LogP contribution in [0, 0.1) is 0 Å². The molecule has 0 aliphatic rings. The number of para-hydroxylation sites is 1. The molecule has 0 spiro atoms. The van der Waals surface area contributed by atoms with E-state index in [0.717, 1.165) is 5.39 Å². The molecule has 1 aromatic heterocycles. The summed E-state index contributed by atoms with van der Waals surface area (Å²) < 4.78 is 105. The maximum absolute atomic E-state index is 9.48. The quantitative estimate of drug-likeness (QED) is 0.224. The summed E-state index contributed by atoms with van der Waals surface area (Å²) in [4.78, 5) is 0. The predicted molar refractivity (Wildman–Crippen MR) is 157 cm³/mol. The lowest BCUT2D eigenvalue weighted by Gasteiger charge is -2.18. The first-order chi connectivity index (χ1) is 23.0. The van der Waals surface area contributed by atoms with Gasteiger partial charge in [0.25, 0.3) is 0 Å². The third-order valence-corrected chi connectivity index (χ3v) is 6.83. The van der Waals surface area contributed by atoms with Crippen molar-refractivity contribution in [3.05, 3.63) is 133 Å². The maximum Gasteiger partial charge on any atom is 0.135 e. The molecule has 7 aromatic carbocycles. The summed E-state index contributed by atoms with van der Waals surface area (Å²) in [5.41, 5.74) is 0.709. The first-order valence-corrected chi connectivity index (χ1v) is 11.8. The molecule has 0 aliphatic carbocycles. The second-order valence-corrected chi connectivity index (χ2v) is 8.83. The average molecular weight is 482 g/mol. The Morgan fingerprint density at radius 2 is 1.08 bits per heavy atom. The molecule has 37 heavy (non-hydrogen) atoms. The van der Waals surface area contributed by atoms with E-state index in [-0.39, 0.29) is 61.3 Å². The Hall–Kier alpha value is -4.88. The molecule has 0 unspecified atom stereocenters. The van der Waals surface area contributed by atoms with Crippen LogP contribution >= 0.6 is 0 Å². The molecule has 1 heteroatoms. The molecule has 0 saturated carbocycles. The molecular formula is C36H22O. The second-order valence-electron chi connectivity index (χ2n) is 8.83. The van der Waals surface area contributed by atoms with Crippen molar-refractivity contribution in [1.82, 2.24) is 0 Å². The minimum absolute atomic E-state index is 0.000239. The fourth-order valence-electron chi connectivity index (χ4n) is 5.25. The van der Waals surface area contributed by atoms with Crippen LogP contribution in [0.15, 0.2) is 138 Å². The lowest BCUT2D eigenvalue weighted by Crippen LogP contribution is -1.91. The van der Waals surface area contributed by atoms with Crippen LogP contribution < -0.4 is 0 Å². The molecule has 0 atom stereocenters. The molecular weight excluding hydrogens is 448 g/mol. The van der Waals surface area contributed by atoms with Gasteiger partial charge >= 0.3 is 0 Å². The SMILES string of the molecule is [2H]c1c(-c2c3c([2H])c([2H])c([2H])c([2H])c3c(-c3cccc4ccccc34)c3c([2H])c([2H])c([2H])c([2H])c23)c([2H])c2c(oc3ccccc32)c1[2H]. The molecule has 8 rings (SSSR count). The van der Waals surface area contributed by atoms with Gasteiger partial charge in [-0.25, -0.2) is 0 Å². The Morgan fingerprint density at radius 1 is 0.459 bits per heavy atom. The van der Waals surface area contributed by atoms with E-state index in [4.69, 9.17) is 11.3 Å². The van der Waals surface area contributed by atoms with E-state index in [9.17, 15) is 8.22 Å². The minimum Gasteiger partial charge on any atom is -0.456 e. The number of fused-ring (bicyclic) bond motifs is 6. The Morgan fingerprint density at radius 3 is 1.84 bits per heavy atom. The second kappa shape index (κ2) is 7.81. The highest BCUT2D eigenvalue weighted by molar-refractivity contribution is 6.24. The summed E-state index contributed by atoms with van der Waals surface area (Å²) in [7, 11) is 0. The number of furan rings is 1. The van der Waals surface area contributed by atoms with Gasteiger partial charge in [-0.05, 0) is 72.7 Å². The van der Waals surface area contributed by atoms with Crippen LogP contribution in [-0.2, 0) is 0 Å². The summed E-state index contributed by atoms with van der Waals surface area (Å²) >= 11 is 0. The Balaban J connectivity index is 1.75. The van der Waals surface area contributed by atoms with Crippen molar-refractivity contribution in [2.24, 2.45) is 0 Å². The highest BCUT2D eigenvalue weighted by atomic mass is 16.3. The number of hydrogen-bond acceptors (Lipinski definition) is 1. The van der Waals surface area contributed by atoms with Gasteiger partial charge in [0, 0.05) is 10.8 Å². The highest BCUT2D eigenvalue weighted by Gasteiger charge is 2.18. The van der Waals surface area contributed by atoms with Crippen molar-refractivity contribution in [3.8, 4) is 22.3 Å². The van der Waals surface area contributed by atoms with Crippen LogP contribution in [0.3, 0.4) is 0 Å². The van der Waals surface area contributed by atoms with E-state index in [2.05, 4.69) is 0 Å². The van der Waals surface area contributed by atoms with Crippen molar-refractivity contribution in [2.75, 3.05) is 0 Å². The van der Waals surface area contributed by atoms with Crippen LogP contribution in [0.2, 0.25) is 0 Å². The van der Waals surface area contributed by atoms with E-state index < -0.39 is 54.4 Å². The van der Waals surface area contributed by atoms with Gasteiger partial charge in [-0.3, -0.25) is 0 Å². The largest absolute Gasteiger partial charge is 0.456 e. The molecule has 0 amide bonds. The molecule has 0 saturated heterocycles. The van der Waals surface area contributed by atoms with Crippen LogP contribution in [0.1, 0.15) is 15.1 Å². The third-order valence-electron chi connectivity index (χ3n) is 6.83. The molecule has 0 fully saturated rings. The minimum atomic E-state index is -0.586. The zero-order chi connectivity index (χ0) is 33.9. The summed E-state index contributed by atoms with van der Waals surface area (Å²) in [6.07, 6.45) is 0. The number of benzene rings is 7. The first kappa shape index (κ1) is 12.4. The van der Waals surface area contributed by atoms with Gasteiger partial charge in [0.1, 0.15) is 11.2 Å². The zero-order valence-corrected chi connectivity index (χ0v) is 19.3. The molecule has 0 N–H and O–H groups in total. The molecule has 1 heterocycles. The first-order valence-electron chi connectivity index (χ1n) is 17.3. The molecule has 0 bridgehead atoms. The molecule has 1 nitrogen and oxygen atoms in total. The van der Waals surface area contributed by atoms with Crippen molar-refractivity contribution in [1.29, 1.82) is 0 Å². The zero-order valence-electron chi connectivity index (χ0n) is 30.3. The van der Waals surface area contributed by atoms with E-state index in [1.165, 1.54) is 0 Å². The molecule has 172 valence electrons. The van der Waals surface area contributed by atoms with Crippen LogP contribution in [0.4, 0.5) is 0 Å².